The van der Waals surface area contributed by atoms with Crippen molar-refractivity contribution in [3.8, 4) is 12.1 Å². The van der Waals surface area contributed by atoms with Gasteiger partial charge in [-0.3, -0.25) is 0 Å². The molecule has 0 bridgehead atoms. The second kappa shape index (κ2) is 13.6. The molecule has 2 aromatic rings. The largest absolute Gasteiger partial charge is 0.354 e. The zero-order valence-electron chi connectivity index (χ0n) is 18.4. The highest BCUT2D eigenvalue weighted by atomic mass is 35.5. The molecule has 164 valence electrons. The van der Waals surface area contributed by atoms with Crippen molar-refractivity contribution in [1.29, 1.82) is 10.5 Å². The number of pyridine rings is 2. The van der Waals surface area contributed by atoms with Gasteiger partial charge in [0, 0.05) is 31.0 Å². The van der Waals surface area contributed by atoms with E-state index in [9.17, 15) is 0 Å². The van der Waals surface area contributed by atoms with Gasteiger partial charge in [-0.15, -0.1) is 0 Å². The first kappa shape index (κ1) is 24.6. The smallest absolute Gasteiger partial charge is 0.129 e. The molecule has 0 saturated carbocycles. The van der Waals surface area contributed by atoms with Crippen LogP contribution in [0.1, 0.15) is 63.5 Å². The molecule has 2 aliphatic heterocycles. The predicted molar refractivity (Wildman–Crippen MR) is 125 cm³/mol. The van der Waals surface area contributed by atoms with Crippen LogP contribution in [0.25, 0.3) is 0 Å². The van der Waals surface area contributed by atoms with Crippen LogP contribution in [0, 0.1) is 22.7 Å². The Bertz CT molecular complexity index is 848. The lowest BCUT2D eigenvalue weighted by Crippen LogP contribution is -2.37. The Morgan fingerprint density at radius 1 is 0.935 bits per heavy atom. The van der Waals surface area contributed by atoms with Crippen LogP contribution in [-0.4, -0.2) is 35.1 Å². The minimum atomic E-state index is 0.411. The first-order valence-corrected chi connectivity index (χ1v) is 11.3. The standard InChI is InChI=1S/C12H15N3.C6H3ClN2.C6H13N/c1-10-4-2-3-7-15(10)12-6-5-11(8-13)9-14-12;7-6-2-1-5(3-8)4-9-6;1-6-4-2-3-5-7-6/h5-6,9-10H,2-4,7H2,1H3;1-2,4H;6-7H,2-5H2,1H3/t10-;;6-/m1.1/s1. The third kappa shape index (κ3) is 8.92. The molecule has 0 unspecified atom stereocenters. The lowest BCUT2D eigenvalue weighted by Gasteiger charge is -2.34. The monoisotopic (exact) mass is 438 g/mol. The van der Waals surface area contributed by atoms with Crippen molar-refractivity contribution in [2.24, 2.45) is 0 Å². The Labute approximate surface area is 190 Å². The third-order valence-electron chi connectivity index (χ3n) is 5.39. The van der Waals surface area contributed by atoms with Crippen LogP contribution in [0.4, 0.5) is 5.82 Å². The molecule has 2 atom stereocenters. The van der Waals surface area contributed by atoms with Crippen molar-refractivity contribution in [3.05, 3.63) is 52.9 Å². The van der Waals surface area contributed by atoms with Crippen LogP contribution in [0.5, 0.6) is 0 Å². The molecule has 4 heterocycles. The zero-order chi connectivity index (χ0) is 22.5. The molecule has 0 aliphatic carbocycles. The van der Waals surface area contributed by atoms with Gasteiger partial charge in [0.05, 0.1) is 11.1 Å². The molecule has 2 aromatic heterocycles. The fraction of sp³-hybridized carbons (Fsp3) is 0.500. The van der Waals surface area contributed by atoms with Crippen LogP contribution < -0.4 is 10.2 Å². The number of hydrogen-bond acceptors (Lipinski definition) is 6. The number of nitrogens with zero attached hydrogens (tertiary/aromatic N) is 5. The molecule has 0 aromatic carbocycles. The van der Waals surface area contributed by atoms with Crippen LogP contribution in [0.15, 0.2) is 36.7 Å². The Kier molecular flexibility index (Phi) is 10.8. The highest BCUT2D eigenvalue weighted by Crippen LogP contribution is 2.22. The summed E-state index contributed by atoms with van der Waals surface area (Å²) in [6, 6.07) is 12.4. The molecule has 2 fully saturated rings. The van der Waals surface area contributed by atoms with Gasteiger partial charge >= 0.3 is 0 Å². The lowest BCUT2D eigenvalue weighted by molar-refractivity contribution is 0.425. The third-order valence-corrected chi connectivity index (χ3v) is 5.61. The summed E-state index contributed by atoms with van der Waals surface area (Å²) in [7, 11) is 0. The maximum Gasteiger partial charge on any atom is 0.129 e. The number of nitriles is 2. The fourth-order valence-electron chi connectivity index (χ4n) is 3.53. The quantitative estimate of drug-likeness (QED) is 0.624. The van der Waals surface area contributed by atoms with Gasteiger partial charge in [0.2, 0.25) is 0 Å². The van der Waals surface area contributed by atoms with E-state index >= 15 is 0 Å². The summed E-state index contributed by atoms with van der Waals surface area (Å²) >= 11 is 5.45. The molecule has 2 saturated heterocycles. The maximum atomic E-state index is 8.69. The average Bonchev–Trinajstić information content (AvgIpc) is 2.81. The molecular formula is C24H31ClN6. The molecule has 2 aliphatic rings. The summed E-state index contributed by atoms with van der Waals surface area (Å²) in [6.45, 7) is 6.80. The van der Waals surface area contributed by atoms with E-state index in [1.807, 2.05) is 18.2 Å². The number of hydrogen-bond donors (Lipinski definition) is 1. The average molecular weight is 439 g/mol. The van der Waals surface area contributed by atoms with Gasteiger partial charge in [0.1, 0.15) is 23.1 Å². The minimum absolute atomic E-state index is 0.411. The Hall–Kier alpha value is -2.67. The molecule has 1 N–H and O–H groups in total. The first-order valence-electron chi connectivity index (χ1n) is 10.9. The molecule has 0 radical (unpaired) electrons. The summed E-state index contributed by atoms with van der Waals surface area (Å²) in [5.41, 5.74) is 1.16. The van der Waals surface area contributed by atoms with E-state index in [2.05, 4.69) is 40.1 Å². The second-order valence-electron chi connectivity index (χ2n) is 7.89. The number of aromatic nitrogens is 2. The normalized spacial score (nSPS) is 20.1. The van der Waals surface area contributed by atoms with Crippen molar-refractivity contribution in [2.45, 2.75) is 64.5 Å². The SMILES string of the molecule is C[C@@H]1CCCCN1.C[C@@H]1CCCCN1c1ccc(C#N)cn1.N#Cc1ccc(Cl)nc1. The minimum Gasteiger partial charge on any atom is -0.354 e. The summed E-state index contributed by atoms with van der Waals surface area (Å²) in [5.74, 6) is 1.00. The van der Waals surface area contributed by atoms with Gasteiger partial charge < -0.3 is 10.2 Å². The van der Waals surface area contributed by atoms with Crippen molar-refractivity contribution < 1.29 is 0 Å². The van der Waals surface area contributed by atoms with E-state index in [1.165, 1.54) is 51.3 Å². The summed E-state index contributed by atoms with van der Waals surface area (Å²) in [6.07, 6.45) is 11.1. The van der Waals surface area contributed by atoms with Crippen molar-refractivity contribution >= 4 is 17.4 Å². The summed E-state index contributed by atoms with van der Waals surface area (Å²) in [4.78, 5) is 10.3. The Morgan fingerprint density at radius 3 is 2.06 bits per heavy atom. The first-order chi connectivity index (χ1) is 15.0. The zero-order valence-corrected chi connectivity index (χ0v) is 19.1. The summed E-state index contributed by atoms with van der Waals surface area (Å²) < 4.78 is 0. The number of rotatable bonds is 1. The van der Waals surface area contributed by atoms with Gasteiger partial charge in [0.15, 0.2) is 0 Å². The predicted octanol–water partition coefficient (Wildman–Crippen LogP) is 5.09. The van der Waals surface area contributed by atoms with E-state index in [1.54, 1.807) is 18.3 Å². The molecular weight excluding hydrogens is 408 g/mol. The van der Waals surface area contributed by atoms with Gasteiger partial charge in [0.25, 0.3) is 0 Å². The molecule has 0 spiro atoms. The van der Waals surface area contributed by atoms with Crippen LogP contribution in [-0.2, 0) is 0 Å². The molecule has 4 rings (SSSR count). The van der Waals surface area contributed by atoms with E-state index in [0.717, 1.165) is 18.4 Å². The number of halogens is 1. The van der Waals surface area contributed by atoms with Crippen LogP contribution >= 0.6 is 11.6 Å². The molecule has 7 heteroatoms. The molecule has 31 heavy (non-hydrogen) atoms. The van der Waals surface area contributed by atoms with E-state index in [0.29, 0.717) is 22.3 Å². The van der Waals surface area contributed by atoms with E-state index in [4.69, 9.17) is 22.1 Å². The van der Waals surface area contributed by atoms with Crippen molar-refractivity contribution in [1.82, 2.24) is 15.3 Å². The van der Waals surface area contributed by atoms with Crippen molar-refractivity contribution in [2.75, 3.05) is 18.0 Å². The number of anilines is 1. The maximum absolute atomic E-state index is 8.69. The molecule has 6 nitrogen and oxygen atoms in total. The van der Waals surface area contributed by atoms with Gasteiger partial charge in [-0.2, -0.15) is 10.5 Å². The Balaban J connectivity index is 0.000000181. The number of nitrogens with one attached hydrogen (secondary N) is 1. The Morgan fingerprint density at radius 2 is 1.61 bits per heavy atom. The van der Waals surface area contributed by atoms with Gasteiger partial charge in [-0.05, 0) is 76.8 Å². The summed E-state index contributed by atoms with van der Waals surface area (Å²) in [5, 5.41) is 20.8. The van der Waals surface area contributed by atoms with Crippen LogP contribution in [0.3, 0.4) is 0 Å². The number of piperidine rings is 2. The van der Waals surface area contributed by atoms with Gasteiger partial charge in [-0.25, -0.2) is 9.97 Å². The highest BCUT2D eigenvalue weighted by Gasteiger charge is 2.19. The fourth-order valence-corrected chi connectivity index (χ4v) is 3.64. The van der Waals surface area contributed by atoms with E-state index < -0.39 is 0 Å². The van der Waals surface area contributed by atoms with Crippen LogP contribution in [0.2, 0.25) is 5.15 Å². The van der Waals surface area contributed by atoms with E-state index in [-0.39, 0.29) is 0 Å². The second-order valence-corrected chi connectivity index (χ2v) is 8.27. The van der Waals surface area contributed by atoms with Gasteiger partial charge in [-0.1, -0.05) is 18.0 Å². The molecule has 0 amide bonds. The topological polar surface area (TPSA) is 88.6 Å². The highest BCUT2D eigenvalue weighted by molar-refractivity contribution is 6.29. The lowest BCUT2D eigenvalue weighted by atomic mass is 10.0. The van der Waals surface area contributed by atoms with Crippen molar-refractivity contribution in [3.63, 3.8) is 0 Å².